The summed E-state index contributed by atoms with van der Waals surface area (Å²) in [6.45, 7) is 5.31. The number of unbranched alkanes of at least 4 members (excludes halogenated alkanes) is 2. The van der Waals surface area contributed by atoms with Gasteiger partial charge in [-0.1, -0.05) is 45.2 Å². The van der Waals surface area contributed by atoms with Crippen LogP contribution in [0.1, 0.15) is 68.9 Å². The van der Waals surface area contributed by atoms with E-state index in [4.69, 9.17) is 9.47 Å². The quantitative estimate of drug-likeness (QED) is 0.335. The number of urea groups is 1. The van der Waals surface area contributed by atoms with E-state index in [1.807, 2.05) is 29.3 Å². The molecule has 3 rings (SSSR count). The maximum atomic E-state index is 13.5. The van der Waals surface area contributed by atoms with Crippen molar-refractivity contribution in [2.24, 2.45) is 0 Å². The SMILES string of the molecule is CCCC[C@H](NC(=O)N[C@@H](CC(=O)O)c1ccc2c(c1)OCO2)C(=O)N(CCCC)Cc1cccs1. The van der Waals surface area contributed by atoms with Crippen LogP contribution in [0.4, 0.5) is 4.79 Å². The minimum atomic E-state index is -1.06. The van der Waals surface area contributed by atoms with Gasteiger partial charge in [0.25, 0.3) is 0 Å². The van der Waals surface area contributed by atoms with Gasteiger partial charge in [-0.25, -0.2) is 4.79 Å². The lowest BCUT2D eigenvalue weighted by Gasteiger charge is -2.28. The van der Waals surface area contributed by atoms with Crippen molar-refractivity contribution in [3.8, 4) is 11.5 Å². The van der Waals surface area contributed by atoms with Gasteiger partial charge in [-0.15, -0.1) is 11.3 Å². The Morgan fingerprint density at radius 1 is 1.08 bits per heavy atom. The van der Waals surface area contributed by atoms with Gasteiger partial charge in [0.1, 0.15) is 6.04 Å². The van der Waals surface area contributed by atoms with Gasteiger partial charge in [-0.3, -0.25) is 9.59 Å². The van der Waals surface area contributed by atoms with Crippen LogP contribution in [0.5, 0.6) is 11.5 Å². The summed E-state index contributed by atoms with van der Waals surface area (Å²) in [4.78, 5) is 41.0. The van der Waals surface area contributed by atoms with Gasteiger partial charge in [0, 0.05) is 11.4 Å². The fourth-order valence-corrected chi connectivity index (χ4v) is 4.73. The van der Waals surface area contributed by atoms with Crippen molar-refractivity contribution in [1.29, 1.82) is 0 Å². The molecular weight excluding hydrogens is 482 g/mol. The summed E-state index contributed by atoms with van der Waals surface area (Å²) in [6.07, 6.45) is 3.66. The minimum absolute atomic E-state index is 0.0948. The molecule has 2 atom stereocenters. The van der Waals surface area contributed by atoms with Crippen LogP contribution in [-0.4, -0.2) is 47.3 Å². The summed E-state index contributed by atoms with van der Waals surface area (Å²) >= 11 is 1.60. The van der Waals surface area contributed by atoms with Crippen molar-refractivity contribution >= 4 is 29.2 Å². The molecule has 3 N–H and O–H groups in total. The Morgan fingerprint density at radius 2 is 1.86 bits per heavy atom. The first-order valence-electron chi connectivity index (χ1n) is 12.4. The van der Waals surface area contributed by atoms with Crippen LogP contribution in [0.15, 0.2) is 35.7 Å². The zero-order valence-electron chi connectivity index (χ0n) is 20.8. The molecule has 0 saturated carbocycles. The number of carboxylic acid groups (broad SMARTS) is 1. The first-order chi connectivity index (χ1) is 17.4. The molecule has 1 aromatic heterocycles. The predicted octanol–water partition coefficient (Wildman–Crippen LogP) is 4.68. The number of nitrogens with zero attached hydrogens (tertiary/aromatic N) is 1. The van der Waals surface area contributed by atoms with Crippen LogP contribution >= 0.6 is 11.3 Å². The summed E-state index contributed by atoms with van der Waals surface area (Å²) in [7, 11) is 0. The third-order valence-electron chi connectivity index (χ3n) is 5.95. The maximum absolute atomic E-state index is 13.5. The Bertz CT molecular complexity index is 1010. The maximum Gasteiger partial charge on any atom is 0.315 e. The lowest BCUT2D eigenvalue weighted by atomic mass is 10.0. The molecule has 0 radical (unpaired) electrons. The number of benzene rings is 1. The molecule has 1 aliphatic heterocycles. The number of amides is 3. The smallest absolute Gasteiger partial charge is 0.315 e. The first-order valence-corrected chi connectivity index (χ1v) is 13.3. The molecule has 0 spiro atoms. The third-order valence-corrected chi connectivity index (χ3v) is 6.81. The number of rotatable bonds is 14. The molecule has 0 aliphatic carbocycles. The van der Waals surface area contributed by atoms with Crippen molar-refractivity contribution in [3.63, 3.8) is 0 Å². The number of carbonyl (C=O) groups excluding carboxylic acids is 2. The topological polar surface area (TPSA) is 117 Å². The van der Waals surface area contributed by atoms with Crippen molar-refractivity contribution in [3.05, 3.63) is 46.2 Å². The number of carboxylic acids is 1. The average Bonchev–Trinajstić information content (AvgIpc) is 3.54. The number of carbonyl (C=O) groups is 3. The second-order valence-electron chi connectivity index (χ2n) is 8.77. The number of ether oxygens (including phenoxy) is 2. The summed E-state index contributed by atoms with van der Waals surface area (Å²) in [5.41, 5.74) is 0.579. The number of aliphatic carboxylic acids is 1. The van der Waals surface area contributed by atoms with E-state index in [-0.39, 0.29) is 19.1 Å². The monoisotopic (exact) mass is 517 g/mol. The Morgan fingerprint density at radius 3 is 2.56 bits per heavy atom. The van der Waals surface area contributed by atoms with Gasteiger partial charge in [0.2, 0.25) is 12.7 Å². The van der Waals surface area contributed by atoms with Crippen molar-refractivity contribution in [1.82, 2.24) is 15.5 Å². The molecule has 0 saturated heterocycles. The summed E-state index contributed by atoms with van der Waals surface area (Å²) in [6, 6.07) is 6.93. The highest BCUT2D eigenvalue weighted by atomic mass is 32.1. The van der Waals surface area contributed by atoms with Gasteiger partial charge in [-0.2, -0.15) is 0 Å². The Hall–Kier alpha value is -3.27. The summed E-state index contributed by atoms with van der Waals surface area (Å²) in [5, 5.41) is 17.0. The molecule has 10 heteroatoms. The van der Waals surface area contributed by atoms with Crippen LogP contribution in [0.3, 0.4) is 0 Å². The van der Waals surface area contributed by atoms with E-state index in [1.54, 1.807) is 29.5 Å². The first kappa shape index (κ1) is 27.3. The lowest BCUT2D eigenvalue weighted by molar-refractivity contribution is -0.137. The summed E-state index contributed by atoms with van der Waals surface area (Å²) < 4.78 is 10.7. The van der Waals surface area contributed by atoms with Crippen LogP contribution < -0.4 is 20.1 Å². The fraction of sp³-hybridized carbons (Fsp3) is 0.500. The molecule has 0 fully saturated rings. The zero-order chi connectivity index (χ0) is 25.9. The van der Waals surface area contributed by atoms with E-state index >= 15 is 0 Å². The fourth-order valence-electron chi connectivity index (χ4n) is 4.01. The van der Waals surface area contributed by atoms with Gasteiger partial charge >= 0.3 is 12.0 Å². The van der Waals surface area contributed by atoms with Crippen LogP contribution in [0.2, 0.25) is 0 Å². The van der Waals surface area contributed by atoms with Gasteiger partial charge < -0.3 is 30.1 Å². The molecule has 36 heavy (non-hydrogen) atoms. The number of nitrogens with one attached hydrogen (secondary N) is 2. The molecule has 2 heterocycles. The minimum Gasteiger partial charge on any atom is -0.481 e. The molecule has 196 valence electrons. The highest BCUT2D eigenvalue weighted by Gasteiger charge is 2.28. The van der Waals surface area contributed by atoms with E-state index in [0.717, 1.165) is 30.6 Å². The normalized spacial score (nSPS) is 13.6. The van der Waals surface area contributed by atoms with Crippen LogP contribution in [-0.2, 0) is 16.1 Å². The molecule has 3 amide bonds. The molecule has 9 nitrogen and oxygen atoms in total. The van der Waals surface area contributed by atoms with Crippen molar-refractivity contribution in [2.45, 2.75) is 71.0 Å². The molecule has 2 aromatic rings. The van der Waals surface area contributed by atoms with E-state index in [2.05, 4.69) is 17.6 Å². The van der Waals surface area contributed by atoms with E-state index < -0.39 is 24.1 Å². The van der Waals surface area contributed by atoms with E-state index in [0.29, 0.717) is 36.6 Å². The van der Waals surface area contributed by atoms with Crippen molar-refractivity contribution < 1.29 is 29.0 Å². The van der Waals surface area contributed by atoms with E-state index in [9.17, 15) is 19.5 Å². The second kappa shape index (κ2) is 13.7. The number of thiophene rings is 1. The molecule has 1 aromatic carbocycles. The Labute approximate surface area is 215 Å². The second-order valence-corrected chi connectivity index (χ2v) is 9.80. The van der Waals surface area contributed by atoms with Crippen molar-refractivity contribution in [2.75, 3.05) is 13.3 Å². The van der Waals surface area contributed by atoms with Gasteiger partial charge in [0.15, 0.2) is 11.5 Å². The predicted molar refractivity (Wildman–Crippen MR) is 137 cm³/mol. The van der Waals surface area contributed by atoms with Gasteiger partial charge in [0.05, 0.1) is 19.0 Å². The third kappa shape index (κ3) is 7.87. The highest BCUT2D eigenvalue weighted by Crippen LogP contribution is 2.34. The number of hydrogen-bond acceptors (Lipinski definition) is 6. The van der Waals surface area contributed by atoms with E-state index in [1.165, 1.54) is 0 Å². The molecule has 1 aliphatic rings. The number of hydrogen-bond donors (Lipinski definition) is 3. The average molecular weight is 518 g/mol. The Kier molecular flexibility index (Phi) is 10.4. The van der Waals surface area contributed by atoms with Crippen LogP contribution in [0.25, 0.3) is 0 Å². The molecule has 0 bridgehead atoms. The summed E-state index contributed by atoms with van der Waals surface area (Å²) in [5.74, 6) is -0.113. The molecule has 0 unspecified atom stereocenters. The lowest BCUT2D eigenvalue weighted by Crippen LogP contribution is -2.51. The number of fused-ring (bicyclic) bond motifs is 1. The zero-order valence-corrected chi connectivity index (χ0v) is 21.6. The largest absolute Gasteiger partial charge is 0.481 e. The molecular formula is C26H35N3O6S. The van der Waals surface area contributed by atoms with Gasteiger partial charge in [-0.05, 0) is 42.0 Å². The van der Waals surface area contributed by atoms with Crippen LogP contribution in [0, 0.1) is 0 Å². The highest BCUT2D eigenvalue weighted by molar-refractivity contribution is 7.09. The standard InChI is InChI=1S/C26H35N3O6S/c1-3-5-9-20(25(32)29(12-6-4-2)16-19-8-7-13-36-19)27-26(33)28-21(15-24(30)31)18-10-11-22-23(14-18)35-17-34-22/h7-8,10-11,13-14,20-21H,3-6,9,12,15-17H2,1-2H3,(H,30,31)(H2,27,28,33)/t20-,21-/m0/s1. The Balaban J connectivity index is 1.73.